The van der Waals surface area contributed by atoms with E-state index in [0.717, 1.165) is 6.07 Å². The third-order valence-electron chi connectivity index (χ3n) is 2.75. The van der Waals surface area contributed by atoms with Gasteiger partial charge in [-0.25, -0.2) is 0 Å². The van der Waals surface area contributed by atoms with E-state index in [-0.39, 0.29) is 5.56 Å². The van der Waals surface area contributed by atoms with Gasteiger partial charge in [0, 0.05) is 17.6 Å². The summed E-state index contributed by atoms with van der Waals surface area (Å²) >= 11 is 3.06. The first-order valence-electron chi connectivity index (χ1n) is 5.61. The summed E-state index contributed by atoms with van der Waals surface area (Å²) in [5.41, 5.74) is -0.0765. The number of hydrogen-bond donors (Lipinski definition) is 0. The Morgan fingerprint density at radius 1 is 1.42 bits per heavy atom. The number of carbonyl (C=O) groups excluding carboxylic acids is 1. The molecule has 1 heterocycles. The number of amides is 1. The Labute approximate surface area is 116 Å². The molecule has 0 spiro atoms. The number of nitrogens with zero attached hydrogens (tertiary/aromatic N) is 1. The molecular weight excluding hydrogens is 327 g/mol. The average Bonchev–Trinajstić information content (AvgIpc) is 2.22. The van der Waals surface area contributed by atoms with Crippen molar-refractivity contribution in [2.75, 3.05) is 13.1 Å². The molecule has 1 amide bonds. The van der Waals surface area contributed by atoms with Crippen molar-refractivity contribution in [2.24, 2.45) is 5.92 Å². The summed E-state index contributed by atoms with van der Waals surface area (Å²) in [5, 5.41) is 0. The van der Waals surface area contributed by atoms with Crippen molar-refractivity contribution in [3.8, 4) is 5.75 Å². The molecule has 1 aliphatic heterocycles. The van der Waals surface area contributed by atoms with E-state index >= 15 is 0 Å². The zero-order chi connectivity index (χ0) is 14.2. The molecule has 0 saturated carbocycles. The Balaban J connectivity index is 2.26. The zero-order valence-electron chi connectivity index (χ0n) is 10.00. The van der Waals surface area contributed by atoms with Gasteiger partial charge in [0.05, 0.1) is 5.56 Å². The van der Waals surface area contributed by atoms with Crippen LogP contribution in [0, 0.1) is 5.92 Å². The van der Waals surface area contributed by atoms with Gasteiger partial charge < -0.3 is 9.64 Å². The predicted octanol–water partition coefficient (Wildman–Crippen LogP) is 3.44. The third kappa shape index (κ3) is 3.40. The number of likely N-dealkylation sites (tertiary alicyclic amines) is 1. The molecule has 0 aliphatic carbocycles. The fraction of sp³-hybridized carbons (Fsp3) is 0.417. The molecule has 3 nitrogen and oxygen atoms in total. The van der Waals surface area contributed by atoms with Crippen molar-refractivity contribution in [3.05, 3.63) is 28.2 Å². The van der Waals surface area contributed by atoms with Gasteiger partial charge >= 0.3 is 6.36 Å². The highest BCUT2D eigenvalue weighted by molar-refractivity contribution is 9.10. The van der Waals surface area contributed by atoms with Gasteiger partial charge in [0.1, 0.15) is 5.75 Å². The van der Waals surface area contributed by atoms with Gasteiger partial charge in [-0.05, 0) is 24.1 Å². The largest absolute Gasteiger partial charge is 0.573 e. The number of benzene rings is 1. The molecule has 7 heteroatoms. The minimum atomic E-state index is -4.82. The van der Waals surface area contributed by atoms with Crippen molar-refractivity contribution in [2.45, 2.75) is 13.3 Å². The van der Waals surface area contributed by atoms with Crippen LogP contribution >= 0.6 is 15.9 Å². The van der Waals surface area contributed by atoms with Crippen LogP contribution in [-0.2, 0) is 0 Å². The van der Waals surface area contributed by atoms with Crippen molar-refractivity contribution < 1.29 is 22.7 Å². The number of rotatable bonds is 2. The Bertz CT molecular complexity index is 498. The summed E-state index contributed by atoms with van der Waals surface area (Å²) in [6.45, 7) is 3.08. The lowest BCUT2D eigenvalue weighted by Crippen LogP contribution is -2.48. The van der Waals surface area contributed by atoms with Gasteiger partial charge in [-0.2, -0.15) is 0 Å². The monoisotopic (exact) mass is 337 g/mol. The maximum atomic E-state index is 12.3. The highest BCUT2D eigenvalue weighted by Crippen LogP contribution is 2.31. The van der Waals surface area contributed by atoms with Crippen molar-refractivity contribution in [1.82, 2.24) is 4.90 Å². The predicted molar refractivity (Wildman–Crippen MR) is 65.9 cm³/mol. The molecule has 2 rings (SSSR count). The minimum Gasteiger partial charge on any atom is -0.405 e. The molecule has 1 aromatic rings. The van der Waals surface area contributed by atoms with Gasteiger partial charge in [0.25, 0.3) is 5.91 Å². The second-order valence-corrected chi connectivity index (χ2v) is 5.42. The molecule has 0 unspecified atom stereocenters. The number of alkyl halides is 3. The van der Waals surface area contributed by atoms with Gasteiger partial charge in [0.15, 0.2) is 0 Å². The lowest BCUT2D eigenvalue weighted by atomic mass is 10.0. The van der Waals surface area contributed by atoms with E-state index in [2.05, 4.69) is 20.7 Å². The fourth-order valence-electron chi connectivity index (χ4n) is 1.92. The Hall–Kier alpha value is -1.24. The van der Waals surface area contributed by atoms with Crippen LogP contribution in [0.4, 0.5) is 13.2 Å². The van der Waals surface area contributed by atoms with E-state index in [0.29, 0.717) is 23.5 Å². The van der Waals surface area contributed by atoms with E-state index in [1.54, 1.807) is 0 Å². The molecule has 1 fully saturated rings. The second kappa shape index (κ2) is 5.03. The first-order valence-corrected chi connectivity index (χ1v) is 6.40. The van der Waals surface area contributed by atoms with E-state index in [4.69, 9.17) is 0 Å². The summed E-state index contributed by atoms with van der Waals surface area (Å²) in [5.74, 6) is -0.539. The van der Waals surface area contributed by atoms with Crippen LogP contribution in [0.15, 0.2) is 22.7 Å². The lowest BCUT2D eigenvalue weighted by molar-refractivity contribution is -0.274. The van der Waals surface area contributed by atoms with E-state index in [1.807, 2.05) is 6.92 Å². The minimum absolute atomic E-state index is 0.0765. The van der Waals surface area contributed by atoms with Crippen LogP contribution in [-0.4, -0.2) is 30.3 Å². The lowest BCUT2D eigenvalue weighted by Gasteiger charge is -2.37. The quantitative estimate of drug-likeness (QED) is 0.827. The highest BCUT2D eigenvalue weighted by Gasteiger charge is 2.35. The summed E-state index contributed by atoms with van der Waals surface area (Å²) in [7, 11) is 0. The number of ether oxygens (including phenoxy) is 1. The van der Waals surface area contributed by atoms with E-state index < -0.39 is 18.0 Å². The Morgan fingerprint density at radius 2 is 2.05 bits per heavy atom. The summed E-state index contributed by atoms with van der Waals surface area (Å²) in [6.07, 6.45) is -4.82. The van der Waals surface area contributed by atoms with Gasteiger partial charge in [-0.3, -0.25) is 4.79 Å². The number of halogens is 4. The fourth-order valence-corrected chi connectivity index (χ4v) is 2.26. The van der Waals surface area contributed by atoms with Crippen LogP contribution in [0.2, 0.25) is 0 Å². The summed E-state index contributed by atoms with van der Waals surface area (Å²) < 4.78 is 41.3. The van der Waals surface area contributed by atoms with Crippen molar-refractivity contribution in [1.29, 1.82) is 0 Å². The zero-order valence-corrected chi connectivity index (χ0v) is 11.6. The Kier molecular flexibility index (Phi) is 3.75. The molecule has 0 atom stereocenters. The number of hydrogen-bond acceptors (Lipinski definition) is 2. The topological polar surface area (TPSA) is 29.5 Å². The molecule has 0 N–H and O–H groups in total. The molecule has 0 radical (unpaired) electrons. The third-order valence-corrected chi connectivity index (χ3v) is 3.24. The van der Waals surface area contributed by atoms with Crippen LogP contribution in [0.5, 0.6) is 5.75 Å². The van der Waals surface area contributed by atoms with Gasteiger partial charge in [-0.15, -0.1) is 13.2 Å². The van der Waals surface area contributed by atoms with Crippen LogP contribution in [0.3, 0.4) is 0 Å². The normalized spacial score (nSPS) is 16.2. The summed E-state index contributed by atoms with van der Waals surface area (Å²) in [4.78, 5) is 13.6. The second-order valence-electron chi connectivity index (χ2n) is 4.50. The van der Waals surface area contributed by atoms with Gasteiger partial charge in [-0.1, -0.05) is 22.9 Å². The average molecular weight is 338 g/mol. The maximum Gasteiger partial charge on any atom is 0.573 e. The highest BCUT2D eigenvalue weighted by atomic mass is 79.9. The van der Waals surface area contributed by atoms with Gasteiger partial charge in [0.2, 0.25) is 0 Å². The molecule has 1 saturated heterocycles. The van der Waals surface area contributed by atoms with E-state index in [9.17, 15) is 18.0 Å². The van der Waals surface area contributed by atoms with Crippen molar-refractivity contribution >= 4 is 21.8 Å². The van der Waals surface area contributed by atoms with Crippen LogP contribution < -0.4 is 4.74 Å². The van der Waals surface area contributed by atoms with Crippen molar-refractivity contribution in [3.63, 3.8) is 0 Å². The first kappa shape index (κ1) is 14.2. The van der Waals surface area contributed by atoms with Crippen LogP contribution in [0.1, 0.15) is 17.3 Å². The molecular formula is C12H11BrF3NO2. The molecule has 0 bridgehead atoms. The SMILES string of the molecule is CC1CN(C(=O)c2ccc(Br)cc2OC(F)(F)F)C1. The molecule has 104 valence electrons. The Morgan fingerprint density at radius 3 is 2.58 bits per heavy atom. The number of carbonyl (C=O) groups is 1. The maximum absolute atomic E-state index is 12.3. The molecule has 19 heavy (non-hydrogen) atoms. The van der Waals surface area contributed by atoms with Crippen LogP contribution in [0.25, 0.3) is 0 Å². The van der Waals surface area contributed by atoms with E-state index in [1.165, 1.54) is 17.0 Å². The smallest absolute Gasteiger partial charge is 0.405 e. The molecule has 1 aromatic carbocycles. The standard InChI is InChI=1S/C12H11BrF3NO2/c1-7-5-17(6-7)11(18)9-3-2-8(13)4-10(9)19-12(14,15)16/h2-4,7H,5-6H2,1H3. The summed E-state index contributed by atoms with van der Waals surface area (Å²) in [6, 6.07) is 3.99. The molecule has 0 aromatic heterocycles. The molecule has 1 aliphatic rings. The first-order chi connectivity index (χ1) is 8.76.